The molecule has 0 aromatic heterocycles. The van der Waals surface area contributed by atoms with E-state index in [-0.39, 0.29) is 12.0 Å². The largest absolute Gasteiger partial charge is 0.392 e. The highest BCUT2D eigenvalue weighted by Crippen LogP contribution is 2.03. The van der Waals surface area contributed by atoms with E-state index >= 15 is 0 Å². The molecule has 16 heavy (non-hydrogen) atoms. The van der Waals surface area contributed by atoms with E-state index in [0.29, 0.717) is 19.0 Å². The number of rotatable bonds is 8. The predicted octanol–water partition coefficient (Wildman–Crippen LogP) is 0.851. The molecule has 0 aliphatic carbocycles. The second-order valence-electron chi connectivity index (χ2n) is 4.48. The van der Waals surface area contributed by atoms with Gasteiger partial charge in [0.1, 0.15) is 0 Å². The smallest absolute Gasteiger partial charge is 0.236 e. The normalized spacial score (nSPS) is 12.9. The second-order valence-corrected chi connectivity index (χ2v) is 4.48. The third-order valence-electron chi connectivity index (χ3n) is 2.52. The van der Waals surface area contributed by atoms with Crippen LogP contribution in [0, 0.1) is 5.92 Å². The van der Waals surface area contributed by atoms with Crippen molar-refractivity contribution in [2.24, 2.45) is 5.92 Å². The molecule has 0 aromatic carbocycles. The summed E-state index contributed by atoms with van der Waals surface area (Å²) in [7, 11) is 0. The molecule has 0 saturated carbocycles. The summed E-state index contributed by atoms with van der Waals surface area (Å²) in [4.78, 5) is 13.4. The summed E-state index contributed by atoms with van der Waals surface area (Å²) in [5.41, 5.74) is 0. The maximum atomic E-state index is 11.6. The highest BCUT2D eigenvalue weighted by atomic mass is 16.3. The van der Waals surface area contributed by atoms with Gasteiger partial charge in [-0.05, 0) is 26.2 Å². The Morgan fingerprint density at radius 1 is 1.31 bits per heavy atom. The molecule has 1 atom stereocenters. The minimum atomic E-state index is -0.357. The molecule has 4 nitrogen and oxygen atoms in total. The van der Waals surface area contributed by atoms with E-state index in [0.717, 1.165) is 19.5 Å². The minimum absolute atomic E-state index is 0.0988. The molecule has 0 spiro atoms. The van der Waals surface area contributed by atoms with Gasteiger partial charge >= 0.3 is 0 Å². The zero-order valence-corrected chi connectivity index (χ0v) is 11.0. The topological polar surface area (TPSA) is 52.6 Å². The van der Waals surface area contributed by atoms with Crippen molar-refractivity contribution in [3.05, 3.63) is 0 Å². The van der Waals surface area contributed by atoms with Gasteiger partial charge in [0.25, 0.3) is 0 Å². The monoisotopic (exact) mass is 230 g/mol. The van der Waals surface area contributed by atoms with Crippen LogP contribution in [0.2, 0.25) is 0 Å². The van der Waals surface area contributed by atoms with Gasteiger partial charge in [0, 0.05) is 19.6 Å². The van der Waals surface area contributed by atoms with Crippen LogP contribution in [0.4, 0.5) is 0 Å². The fourth-order valence-corrected chi connectivity index (χ4v) is 1.66. The molecule has 1 amide bonds. The summed E-state index contributed by atoms with van der Waals surface area (Å²) in [6.45, 7) is 10.4. The Kier molecular flexibility index (Phi) is 8.21. The Bertz CT molecular complexity index is 191. The number of hydrogen-bond acceptors (Lipinski definition) is 3. The van der Waals surface area contributed by atoms with Crippen LogP contribution in [0.3, 0.4) is 0 Å². The first-order valence-electron chi connectivity index (χ1n) is 6.17. The van der Waals surface area contributed by atoms with Gasteiger partial charge in [0.05, 0.1) is 12.6 Å². The third-order valence-corrected chi connectivity index (χ3v) is 2.52. The zero-order chi connectivity index (χ0) is 12.6. The van der Waals surface area contributed by atoms with Crippen LogP contribution < -0.4 is 5.32 Å². The molecule has 0 fully saturated rings. The van der Waals surface area contributed by atoms with Gasteiger partial charge in [-0.3, -0.25) is 4.79 Å². The fourth-order valence-electron chi connectivity index (χ4n) is 1.66. The standard InChI is InChI=1S/C12H26N2O2/c1-5-14(6-2)12(16)9-13-8-11(15)7-10(3)4/h10-11,13,15H,5-9H2,1-4H3. The Labute approximate surface area is 99.0 Å². The molecule has 0 aliphatic heterocycles. The van der Waals surface area contributed by atoms with Gasteiger partial charge < -0.3 is 15.3 Å². The number of carbonyl (C=O) groups is 1. The van der Waals surface area contributed by atoms with E-state index in [4.69, 9.17) is 0 Å². The van der Waals surface area contributed by atoms with E-state index in [1.54, 1.807) is 4.90 Å². The van der Waals surface area contributed by atoms with E-state index in [2.05, 4.69) is 19.2 Å². The van der Waals surface area contributed by atoms with Crippen molar-refractivity contribution in [2.75, 3.05) is 26.2 Å². The predicted molar refractivity (Wildman–Crippen MR) is 66.3 cm³/mol. The van der Waals surface area contributed by atoms with Crippen molar-refractivity contribution in [1.82, 2.24) is 10.2 Å². The Balaban J connectivity index is 3.68. The first kappa shape index (κ1) is 15.4. The van der Waals surface area contributed by atoms with Crippen LogP contribution in [0.5, 0.6) is 0 Å². The number of aliphatic hydroxyl groups excluding tert-OH is 1. The van der Waals surface area contributed by atoms with Crippen molar-refractivity contribution in [2.45, 2.75) is 40.2 Å². The van der Waals surface area contributed by atoms with Crippen molar-refractivity contribution >= 4 is 5.91 Å². The number of carbonyl (C=O) groups excluding carboxylic acids is 1. The summed E-state index contributed by atoms with van der Waals surface area (Å²) in [6, 6.07) is 0. The van der Waals surface area contributed by atoms with Crippen molar-refractivity contribution in [3.63, 3.8) is 0 Å². The van der Waals surface area contributed by atoms with Gasteiger partial charge in [0.2, 0.25) is 5.91 Å². The average Bonchev–Trinajstić information content (AvgIpc) is 2.18. The van der Waals surface area contributed by atoms with Gasteiger partial charge in [-0.25, -0.2) is 0 Å². The Hall–Kier alpha value is -0.610. The molecule has 4 heteroatoms. The average molecular weight is 230 g/mol. The SMILES string of the molecule is CCN(CC)C(=O)CNCC(O)CC(C)C. The van der Waals surface area contributed by atoms with Crippen LogP contribution >= 0.6 is 0 Å². The van der Waals surface area contributed by atoms with E-state index in [1.165, 1.54) is 0 Å². The number of aliphatic hydroxyl groups is 1. The third kappa shape index (κ3) is 6.80. The molecule has 0 bridgehead atoms. The van der Waals surface area contributed by atoms with Crippen LogP contribution in [0.15, 0.2) is 0 Å². The number of likely N-dealkylation sites (N-methyl/N-ethyl adjacent to an activating group) is 1. The van der Waals surface area contributed by atoms with Gasteiger partial charge in [-0.15, -0.1) is 0 Å². The second kappa shape index (κ2) is 8.53. The molecule has 0 heterocycles. The van der Waals surface area contributed by atoms with Crippen LogP contribution in [-0.4, -0.2) is 48.2 Å². The fraction of sp³-hybridized carbons (Fsp3) is 0.917. The van der Waals surface area contributed by atoms with Crippen molar-refractivity contribution < 1.29 is 9.90 Å². The van der Waals surface area contributed by atoms with Crippen molar-refractivity contribution in [3.8, 4) is 0 Å². The maximum Gasteiger partial charge on any atom is 0.236 e. The van der Waals surface area contributed by atoms with Gasteiger partial charge in [-0.1, -0.05) is 13.8 Å². The summed E-state index contributed by atoms with van der Waals surface area (Å²) >= 11 is 0. The van der Waals surface area contributed by atoms with E-state index in [1.807, 2.05) is 13.8 Å². The van der Waals surface area contributed by atoms with Crippen LogP contribution in [0.1, 0.15) is 34.1 Å². The zero-order valence-electron chi connectivity index (χ0n) is 11.0. The number of nitrogens with zero attached hydrogens (tertiary/aromatic N) is 1. The number of hydrogen-bond donors (Lipinski definition) is 2. The first-order chi connectivity index (χ1) is 7.51. The lowest BCUT2D eigenvalue weighted by molar-refractivity contribution is -0.129. The molecule has 0 rings (SSSR count). The molecule has 0 radical (unpaired) electrons. The molecule has 96 valence electrons. The highest BCUT2D eigenvalue weighted by Gasteiger charge is 2.10. The Morgan fingerprint density at radius 2 is 1.88 bits per heavy atom. The molecule has 2 N–H and O–H groups in total. The number of nitrogens with one attached hydrogen (secondary N) is 1. The summed E-state index contributed by atoms with van der Waals surface area (Å²) in [5, 5.41) is 12.6. The van der Waals surface area contributed by atoms with Crippen LogP contribution in [-0.2, 0) is 4.79 Å². The highest BCUT2D eigenvalue weighted by molar-refractivity contribution is 5.78. The summed E-state index contributed by atoms with van der Waals surface area (Å²) in [6.07, 6.45) is 0.413. The van der Waals surface area contributed by atoms with Gasteiger partial charge in [-0.2, -0.15) is 0 Å². The quantitative estimate of drug-likeness (QED) is 0.650. The minimum Gasteiger partial charge on any atom is -0.392 e. The number of amides is 1. The van der Waals surface area contributed by atoms with E-state index < -0.39 is 0 Å². The Morgan fingerprint density at radius 3 is 2.31 bits per heavy atom. The summed E-state index contributed by atoms with van der Waals surface area (Å²) in [5.74, 6) is 0.581. The molecule has 1 unspecified atom stereocenters. The first-order valence-corrected chi connectivity index (χ1v) is 6.17. The molecular formula is C12H26N2O2. The molecule has 0 saturated heterocycles. The van der Waals surface area contributed by atoms with E-state index in [9.17, 15) is 9.90 Å². The lowest BCUT2D eigenvalue weighted by Gasteiger charge is -2.19. The van der Waals surface area contributed by atoms with Crippen LogP contribution in [0.25, 0.3) is 0 Å². The maximum absolute atomic E-state index is 11.6. The summed E-state index contributed by atoms with van der Waals surface area (Å²) < 4.78 is 0. The molecular weight excluding hydrogens is 204 g/mol. The molecule has 0 aliphatic rings. The lowest BCUT2D eigenvalue weighted by Crippen LogP contribution is -2.40. The van der Waals surface area contributed by atoms with Gasteiger partial charge in [0.15, 0.2) is 0 Å². The molecule has 0 aromatic rings. The van der Waals surface area contributed by atoms with Crippen molar-refractivity contribution in [1.29, 1.82) is 0 Å². The lowest BCUT2D eigenvalue weighted by atomic mass is 10.1.